The van der Waals surface area contributed by atoms with Gasteiger partial charge in [0.2, 0.25) is 0 Å². The number of ether oxygens (including phenoxy) is 1. The van der Waals surface area contributed by atoms with E-state index in [-0.39, 0.29) is 24.6 Å². The Hall–Kier alpha value is -3.27. The highest BCUT2D eigenvalue weighted by Gasteiger charge is 2.39. The molecule has 2 saturated heterocycles. The van der Waals surface area contributed by atoms with Gasteiger partial charge in [-0.05, 0) is 99.9 Å². The number of anilines is 1. The van der Waals surface area contributed by atoms with Crippen LogP contribution in [0.3, 0.4) is 0 Å². The van der Waals surface area contributed by atoms with Crippen molar-refractivity contribution in [2.24, 2.45) is 5.92 Å². The van der Waals surface area contributed by atoms with Crippen LogP contribution in [0, 0.1) is 11.7 Å². The predicted molar refractivity (Wildman–Crippen MR) is 205 cm³/mol. The molecule has 7 nitrogen and oxygen atoms in total. The lowest BCUT2D eigenvalue weighted by atomic mass is 9.79. The highest BCUT2D eigenvalue weighted by Crippen LogP contribution is 2.39. The summed E-state index contributed by atoms with van der Waals surface area (Å²) < 4.78 is 18.5. The number of aliphatic hydroxyl groups excluding tert-OH is 5. The second-order valence-electron chi connectivity index (χ2n) is 13.1. The van der Waals surface area contributed by atoms with E-state index in [1.165, 1.54) is 24.2 Å². The largest absolute Gasteiger partial charge is 0.508 e. The molecule has 0 bridgehead atoms. The molecule has 7 atom stereocenters. The zero-order chi connectivity index (χ0) is 38.0. The van der Waals surface area contributed by atoms with Gasteiger partial charge in [-0.3, -0.25) is 0 Å². The maximum Gasteiger partial charge on any atom is 0.123 e. The van der Waals surface area contributed by atoms with Gasteiger partial charge in [-0.15, -0.1) is 0 Å². The smallest absolute Gasteiger partial charge is 0.123 e. The van der Waals surface area contributed by atoms with E-state index in [2.05, 4.69) is 44.0 Å². The Kier molecular flexibility index (Phi) is 20.8. The molecule has 2 fully saturated rings. The third-order valence-corrected chi connectivity index (χ3v) is 8.81. The number of rotatable bonds is 11. The van der Waals surface area contributed by atoms with Crippen LogP contribution in [0.15, 0.2) is 102 Å². The van der Waals surface area contributed by atoms with Crippen LogP contribution in [0.1, 0.15) is 99.2 Å². The average molecular weight is 698 g/mol. The minimum Gasteiger partial charge on any atom is -0.508 e. The average Bonchev–Trinajstić information content (AvgIpc) is 3.09. The van der Waals surface area contributed by atoms with E-state index in [4.69, 9.17) is 9.84 Å². The quantitative estimate of drug-likeness (QED) is 0.0907. The van der Waals surface area contributed by atoms with Crippen LogP contribution in [0.5, 0.6) is 0 Å². The topological polar surface area (TPSA) is 114 Å². The van der Waals surface area contributed by atoms with E-state index in [1.807, 2.05) is 52.8 Å². The first-order chi connectivity index (χ1) is 23.7. The van der Waals surface area contributed by atoms with E-state index in [0.29, 0.717) is 24.5 Å². The molecular formula is C42H64FNO6. The van der Waals surface area contributed by atoms with Crippen molar-refractivity contribution in [3.05, 3.63) is 113 Å². The number of hydrogen-bond donors (Lipinski definition) is 5. The molecule has 280 valence electrons. The molecule has 2 aliphatic rings. The van der Waals surface area contributed by atoms with Crippen molar-refractivity contribution in [3.63, 3.8) is 0 Å². The van der Waals surface area contributed by atoms with Crippen LogP contribution in [0.25, 0.3) is 0 Å². The Morgan fingerprint density at radius 2 is 1.58 bits per heavy atom. The summed E-state index contributed by atoms with van der Waals surface area (Å²) in [5.74, 6) is 0.409. The number of nitrogens with zero attached hydrogens (tertiary/aromatic N) is 1. The molecule has 8 heteroatoms. The molecule has 2 heterocycles. The van der Waals surface area contributed by atoms with E-state index < -0.39 is 24.4 Å². The van der Waals surface area contributed by atoms with Crippen molar-refractivity contribution in [1.29, 1.82) is 0 Å². The lowest BCUT2D eigenvalue weighted by molar-refractivity contribution is -0.169. The fourth-order valence-electron chi connectivity index (χ4n) is 5.62. The number of allylic oxidation sites excluding steroid dienone is 3. The highest BCUT2D eigenvalue weighted by atomic mass is 19.1. The molecule has 50 heavy (non-hydrogen) atoms. The molecule has 2 aromatic rings. The van der Waals surface area contributed by atoms with Crippen molar-refractivity contribution in [1.82, 2.24) is 0 Å². The van der Waals surface area contributed by atoms with Gasteiger partial charge in [0.1, 0.15) is 23.8 Å². The van der Waals surface area contributed by atoms with Crippen LogP contribution >= 0.6 is 0 Å². The first-order valence-corrected chi connectivity index (χ1v) is 18.0. The molecule has 0 spiro atoms. The van der Waals surface area contributed by atoms with E-state index in [0.717, 1.165) is 47.2 Å². The lowest BCUT2D eigenvalue weighted by Crippen LogP contribution is -2.56. The Morgan fingerprint density at radius 3 is 2.10 bits per heavy atom. The summed E-state index contributed by atoms with van der Waals surface area (Å²) in [7, 11) is 0. The fraction of sp³-hybridized carbons (Fsp3) is 0.524. The molecule has 5 N–H and O–H groups in total. The predicted octanol–water partition coefficient (Wildman–Crippen LogP) is 8.77. The van der Waals surface area contributed by atoms with Crippen molar-refractivity contribution in [3.8, 4) is 0 Å². The van der Waals surface area contributed by atoms with Gasteiger partial charge in [-0.25, -0.2) is 4.39 Å². The van der Waals surface area contributed by atoms with E-state index in [1.54, 1.807) is 25.1 Å². The highest BCUT2D eigenvalue weighted by molar-refractivity contribution is 5.51. The number of para-hydroxylation sites is 1. The Balaban J connectivity index is 0.000000576. The molecule has 5 unspecified atom stereocenters. The van der Waals surface area contributed by atoms with Gasteiger partial charge in [0.25, 0.3) is 0 Å². The Morgan fingerprint density at radius 1 is 1.00 bits per heavy atom. The molecule has 0 aromatic heterocycles. The second kappa shape index (κ2) is 23.3. The van der Waals surface area contributed by atoms with Gasteiger partial charge in [0.15, 0.2) is 0 Å². The van der Waals surface area contributed by atoms with Crippen molar-refractivity contribution in [2.75, 3.05) is 18.1 Å². The summed E-state index contributed by atoms with van der Waals surface area (Å²) in [4.78, 5) is 2.38. The van der Waals surface area contributed by atoms with Gasteiger partial charge < -0.3 is 35.2 Å². The number of halogens is 1. The fourth-order valence-corrected chi connectivity index (χ4v) is 5.62. The molecule has 0 aliphatic carbocycles. The Labute approximate surface area is 301 Å². The van der Waals surface area contributed by atoms with E-state index in [9.17, 15) is 24.8 Å². The van der Waals surface area contributed by atoms with Crippen molar-refractivity contribution in [2.45, 2.75) is 124 Å². The van der Waals surface area contributed by atoms with E-state index >= 15 is 0 Å². The number of hydrogen-bond acceptors (Lipinski definition) is 7. The zero-order valence-electron chi connectivity index (χ0n) is 31.6. The van der Waals surface area contributed by atoms with Crippen molar-refractivity contribution >= 4 is 5.69 Å². The summed E-state index contributed by atoms with van der Waals surface area (Å²) >= 11 is 0. The summed E-state index contributed by atoms with van der Waals surface area (Å²) in [6, 6.07) is 16.6. The second-order valence-corrected chi connectivity index (χ2v) is 13.1. The normalized spacial score (nSPS) is 24.0. The molecule has 2 aromatic carbocycles. The summed E-state index contributed by atoms with van der Waals surface area (Å²) in [5.41, 5.74) is 5.57. The lowest BCUT2D eigenvalue weighted by Gasteiger charge is -2.50. The summed E-state index contributed by atoms with van der Waals surface area (Å²) in [6.07, 6.45) is 2.20. The standard InChI is InChI=1S/C28H34FNO2.C9H16O4.C3H8.C2H6/c1-19(2)20(3)17-28(32)21(4)16-26-23(18-30(26)25-8-6-5-7-9-25)12-15-27(31)22-10-13-24(29)14-11-22;1-5(2)7-3-6(11)9(12)8(4-10)13-7;1-3-2;1-2/h5-11,13-14,17,23,26-27,31-32H,1,12,15-16,18H2,2-4H3;6-12H,1,3-4H2,2H3;3H2,1-2H3;1-2H3/b20-17+,28-21-;;;/t23-,26?,27?;6?,7?,8?,9-;;/m00../s1. The van der Waals surface area contributed by atoms with Gasteiger partial charge in [-0.1, -0.05) is 88.8 Å². The van der Waals surface area contributed by atoms with Gasteiger partial charge >= 0.3 is 0 Å². The minimum atomic E-state index is -0.999. The van der Waals surface area contributed by atoms with Crippen LogP contribution in [0.2, 0.25) is 0 Å². The zero-order valence-corrected chi connectivity index (χ0v) is 31.6. The third-order valence-electron chi connectivity index (χ3n) is 8.81. The molecule has 4 rings (SSSR count). The molecular weight excluding hydrogens is 633 g/mol. The number of aliphatic hydroxyl groups is 5. The first kappa shape index (κ1) is 44.8. The van der Waals surface area contributed by atoms with Gasteiger partial charge in [0, 0.05) is 24.7 Å². The minimum absolute atomic E-state index is 0.249. The summed E-state index contributed by atoms with van der Waals surface area (Å²) in [5, 5.41) is 48.8. The molecule has 0 saturated carbocycles. The first-order valence-electron chi connectivity index (χ1n) is 18.0. The molecule has 0 amide bonds. The van der Waals surface area contributed by atoms with Crippen LogP contribution in [-0.4, -0.2) is 69.1 Å². The van der Waals surface area contributed by atoms with Crippen LogP contribution in [0.4, 0.5) is 10.1 Å². The maximum absolute atomic E-state index is 13.2. The summed E-state index contributed by atoms with van der Waals surface area (Å²) in [6.45, 7) is 24.2. The SMILES string of the molecule is C=C(C)/C(C)=C/C(O)=C(\C)CC1[C@@H](CCC(O)c2ccc(F)cc2)CN1c1ccccc1.C=C(C)C1CC(O)[C@H](O)C(CO)O1.CC.CCC. The molecule has 0 radical (unpaired) electrons. The maximum atomic E-state index is 13.2. The van der Waals surface area contributed by atoms with Crippen molar-refractivity contribution < 1.29 is 34.7 Å². The van der Waals surface area contributed by atoms with Crippen LogP contribution < -0.4 is 4.90 Å². The third kappa shape index (κ3) is 14.2. The van der Waals surface area contributed by atoms with Gasteiger partial charge in [-0.2, -0.15) is 0 Å². The Bertz CT molecular complexity index is 1340. The number of benzene rings is 2. The van der Waals surface area contributed by atoms with Gasteiger partial charge in [0.05, 0.1) is 24.9 Å². The van der Waals surface area contributed by atoms with Crippen LogP contribution in [-0.2, 0) is 4.74 Å². The molecule has 2 aliphatic heterocycles. The monoisotopic (exact) mass is 697 g/mol.